The van der Waals surface area contributed by atoms with Crippen LogP contribution in [-0.2, 0) is 61.9 Å². The van der Waals surface area contributed by atoms with Crippen LogP contribution in [0, 0.1) is 11.8 Å². The number of rotatable bonds is 46. The number of likely N-dealkylation sites (tertiary alicyclic amines) is 2. The number of ether oxygens (including phenoxy) is 7. The molecule has 452 valence electrons. The van der Waals surface area contributed by atoms with Crippen molar-refractivity contribution in [2.45, 2.75) is 283 Å². The van der Waals surface area contributed by atoms with E-state index in [-0.39, 0.29) is 115 Å². The van der Waals surface area contributed by atoms with E-state index in [1.54, 1.807) is 4.90 Å². The Hall–Kier alpha value is -3.95. The minimum absolute atomic E-state index is 0.0437. The molecule has 2 fully saturated rings. The van der Waals surface area contributed by atoms with Crippen LogP contribution >= 0.6 is 0 Å². The van der Waals surface area contributed by atoms with E-state index in [2.05, 4.69) is 32.6 Å². The monoisotopic (exact) mass is 1110 g/mol. The molecule has 0 aromatic heterocycles. The number of hydrogen-bond acceptors (Lipinski definition) is 15. The molecular weight excluding hydrogens is 997 g/mol. The lowest BCUT2D eigenvalue weighted by Gasteiger charge is -2.41. The molecule has 0 bridgehead atoms. The van der Waals surface area contributed by atoms with Crippen molar-refractivity contribution in [3.05, 3.63) is 0 Å². The molecule has 2 aliphatic rings. The molecule has 2 heterocycles. The summed E-state index contributed by atoms with van der Waals surface area (Å²) < 4.78 is 40.4. The Labute approximate surface area is 471 Å². The van der Waals surface area contributed by atoms with E-state index in [4.69, 9.17) is 33.2 Å². The highest BCUT2D eigenvalue weighted by Crippen LogP contribution is 2.27. The summed E-state index contributed by atoms with van der Waals surface area (Å²) in [7, 11) is 2.04. The Morgan fingerprint density at radius 2 is 0.679 bits per heavy atom. The van der Waals surface area contributed by atoms with Crippen molar-refractivity contribution in [2.24, 2.45) is 11.8 Å². The molecule has 1 amide bonds. The Morgan fingerprint density at radius 1 is 0.359 bits per heavy atom. The average molecular weight is 1110 g/mol. The van der Waals surface area contributed by atoms with Crippen LogP contribution in [0.3, 0.4) is 0 Å². The van der Waals surface area contributed by atoms with Crippen molar-refractivity contribution < 1.29 is 66.7 Å². The quantitative estimate of drug-likeness (QED) is 0.0317. The Morgan fingerprint density at radius 3 is 1.04 bits per heavy atom. The molecule has 0 aliphatic carbocycles. The maximum Gasteiger partial charge on any atom is 0.410 e. The van der Waals surface area contributed by atoms with Gasteiger partial charge < -0.3 is 38.1 Å². The van der Waals surface area contributed by atoms with E-state index in [9.17, 15) is 33.6 Å². The molecule has 0 radical (unpaired) electrons. The van der Waals surface area contributed by atoms with E-state index in [0.29, 0.717) is 44.9 Å². The molecule has 1 unspecified atom stereocenters. The van der Waals surface area contributed by atoms with Crippen LogP contribution in [0.15, 0.2) is 0 Å². The van der Waals surface area contributed by atoms with Gasteiger partial charge in [0.25, 0.3) is 0 Å². The van der Waals surface area contributed by atoms with Gasteiger partial charge in [-0.3, -0.25) is 33.7 Å². The van der Waals surface area contributed by atoms with Crippen LogP contribution in [0.2, 0.25) is 0 Å². The first-order valence-electron chi connectivity index (χ1n) is 31.5. The van der Waals surface area contributed by atoms with Crippen molar-refractivity contribution >= 4 is 41.9 Å². The van der Waals surface area contributed by atoms with E-state index in [1.807, 2.05) is 7.05 Å². The zero-order chi connectivity index (χ0) is 56.9. The first-order chi connectivity index (χ1) is 37.9. The summed E-state index contributed by atoms with van der Waals surface area (Å²) in [5, 5.41) is 0. The lowest BCUT2D eigenvalue weighted by Crippen LogP contribution is -2.54. The number of amides is 1. The third-order valence-corrected chi connectivity index (χ3v) is 15.3. The van der Waals surface area contributed by atoms with Crippen LogP contribution in [-0.4, -0.2) is 130 Å². The van der Waals surface area contributed by atoms with Crippen molar-refractivity contribution in [3.63, 3.8) is 0 Å². The zero-order valence-corrected chi connectivity index (χ0v) is 49.8. The molecule has 0 aromatic rings. The van der Waals surface area contributed by atoms with Gasteiger partial charge in [0.05, 0.1) is 51.4 Å². The number of carbonyl (C=O) groups excluding carboxylic acids is 7. The fraction of sp³-hybridized carbons (Fsp3) is 0.887. The summed E-state index contributed by atoms with van der Waals surface area (Å²) in [4.78, 5) is 96.5. The minimum Gasteiger partial charge on any atom is -0.465 e. The topological polar surface area (TPSA) is 191 Å². The maximum atomic E-state index is 14.3. The fourth-order valence-electron chi connectivity index (χ4n) is 10.2. The third kappa shape index (κ3) is 35.6. The zero-order valence-electron chi connectivity index (χ0n) is 49.8. The summed E-state index contributed by atoms with van der Waals surface area (Å²) in [6, 6.07) is -1.15. The number of piperidine rings is 1. The maximum absolute atomic E-state index is 14.3. The highest BCUT2D eigenvalue weighted by atomic mass is 16.6. The number of nitrogens with zero attached hydrogens (tertiary/aromatic N) is 2. The Balaban J connectivity index is 2.17. The van der Waals surface area contributed by atoms with Gasteiger partial charge in [0.1, 0.15) is 19.8 Å². The molecule has 3 atom stereocenters. The van der Waals surface area contributed by atoms with Gasteiger partial charge in [-0.15, -0.1) is 0 Å². The summed E-state index contributed by atoms with van der Waals surface area (Å²) in [5.74, 6) is -3.89. The average Bonchev–Trinajstić information content (AvgIpc) is 3.65. The minimum atomic E-state index is -0.632. The van der Waals surface area contributed by atoms with Crippen LogP contribution < -0.4 is 0 Å². The van der Waals surface area contributed by atoms with Gasteiger partial charge in [0, 0.05) is 43.6 Å². The standard InChI is InChI=1S/C62H110N2O14/c1-6-10-14-18-22-28-37-56(65)72-44-51(45-73-57(66)38-29-23-19-15-11-7-2)42-60(69)76-49-54-35-33-36-55(64(54)62(71)78-48-53-34-27-26-32-41-63(53)5)50-77-61(70)43-52(46-74-58(67)39-30-24-20-16-12-8-3)47-75-59(68)40-31-25-21-17-13-9-4/h51-55H,6-50H2,1-5H3/t53?,54-,55+. The summed E-state index contributed by atoms with van der Waals surface area (Å²) in [6.07, 6.45) is 30.5. The normalized spacial score (nSPS) is 16.9. The molecule has 0 spiro atoms. The molecule has 2 saturated heterocycles. The molecular formula is C62H110N2O14. The molecule has 16 heteroatoms. The van der Waals surface area contributed by atoms with Crippen molar-refractivity contribution in [2.75, 3.05) is 59.8 Å². The highest BCUT2D eigenvalue weighted by Gasteiger charge is 2.38. The summed E-state index contributed by atoms with van der Waals surface area (Å²) >= 11 is 0. The fourth-order valence-corrected chi connectivity index (χ4v) is 10.2. The van der Waals surface area contributed by atoms with Crippen LogP contribution in [0.25, 0.3) is 0 Å². The van der Waals surface area contributed by atoms with E-state index < -0.39 is 42.0 Å². The molecule has 0 N–H and O–H groups in total. The predicted octanol–water partition coefficient (Wildman–Crippen LogP) is 13.5. The van der Waals surface area contributed by atoms with Crippen molar-refractivity contribution in [3.8, 4) is 0 Å². The van der Waals surface area contributed by atoms with Gasteiger partial charge in [-0.1, -0.05) is 169 Å². The lowest BCUT2D eigenvalue weighted by molar-refractivity contribution is -0.157. The van der Waals surface area contributed by atoms with Crippen LogP contribution in [0.5, 0.6) is 0 Å². The predicted molar refractivity (Wildman–Crippen MR) is 303 cm³/mol. The second-order valence-electron chi connectivity index (χ2n) is 22.5. The molecule has 0 saturated carbocycles. The lowest BCUT2D eigenvalue weighted by atomic mass is 9.96. The smallest absolute Gasteiger partial charge is 0.410 e. The molecule has 2 rings (SSSR count). The Bertz CT molecular complexity index is 1450. The number of likely N-dealkylation sites (N-methyl/N-ethyl adjacent to an activating group) is 1. The number of carbonyl (C=O) groups is 7. The number of unbranched alkanes of at least 4 members (excludes halogenated alkanes) is 20. The molecule has 2 aliphatic heterocycles. The Kier molecular flexibility index (Phi) is 42.1. The highest BCUT2D eigenvalue weighted by molar-refractivity contribution is 5.73. The molecule has 0 aromatic carbocycles. The van der Waals surface area contributed by atoms with Gasteiger partial charge in [0.15, 0.2) is 0 Å². The van der Waals surface area contributed by atoms with Gasteiger partial charge in [-0.05, 0) is 71.4 Å². The van der Waals surface area contributed by atoms with Gasteiger partial charge in [-0.2, -0.15) is 0 Å². The SMILES string of the molecule is CCCCCCCCC(=O)OCC(COC(=O)CCCCCCCC)CC(=O)OC[C@H]1CCC[C@@H](COC(=O)CC(COC(=O)CCCCCCCC)COC(=O)CCCCCCCC)N1C(=O)OCC1CCCCCN1C. The van der Waals surface area contributed by atoms with Crippen molar-refractivity contribution in [1.82, 2.24) is 9.80 Å². The van der Waals surface area contributed by atoms with Gasteiger partial charge >= 0.3 is 41.9 Å². The van der Waals surface area contributed by atoms with Crippen LogP contribution in [0.4, 0.5) is 4.79 Å². The third-order valence-electron chi connectivity index (χ3n) is 15.3. The first kappa shape index (κ1) is 70.2. The van der Waals surface area contributed by atoms with Crippen molar-refractivity contribution in [1.29, 1.82) is 0 Å². The summed E-state index contributed by atoms with van der Waals surface area (Å²) in [6.45, 7) is 8.98. The second kappa shape index (κ2) is 46.8. The number of hydrogen-bond donors (Lipinski definition) is 0. The second-order valence-corrected chi connectivity index (χ2v) is 22.5. The van der Waals surface area contributed by atoms with E-state index in [1.165, 1.54) is 25.7 Å². The van der Waals surface area contributed by atoms with Crippen LogP contribution in [0.1, 0.15) is 265 Å². The van der Waals surface area contributed by atoms with Gasteiger partial charge in [-0.25, -0.2) is 4.79 Å². The largest absolute Gasteiger partial charge is 0.465 e. The molecule has 78 heavy (non-hydrogen) atoms. The van der Waals surface area contributed by atoms with Gasteiger partial charge in [0.2, 0.25) is 0 Å². The first-order valence-corrected chi connectivity index (χ1v) is 31.5. The van der Waals surface area contributed by atoms with E-state index >= 15 is 0 Å². The summed E-state index contributed by atoms with van der Waals surface area (Å²) in [5.41, 5.74) is 0. The molecule has 16 nitrogen and oxygen atoms in total. The van der Waals surface area contributed by atoms with E-state index in [0.717, 1.165) is 135 Å². The number of esters is 6.